The number of methoxy groups -OCH3 is 3. The second-order valence-corrected chi connectivity index (χ2v) is 7.86. The Morgan fingerprint density at radius 2 is 1.69 bits per heavy atom. The Bertz CT molecular complexity index is 1440. The molecule has 8 heteroatoms. The Kier molecular flexibility index (Phi) is 6.32. The summed E-state index contributed by atoms with van der Waals surface area (Å²) in [7, 11) is 4.51. The summed E-state index contributed by atoms with van der Waals surface area (Å²) in [6.45, 7) is 0.186. The van der Waals surface area contributed by atoms with Crippen molar-refractivity contribution in [3.8, 4) is 45.7 Å². The zero-order valence-corrected chi connectivity index (χ0v) is 20.1. The van der Waals surface area contributed by atoms with Gasteiger partial charge in [0.15, 0.2) is 28.8 Å². The van der Waals surface area contributed by atoms with E-state index in [9.17, 15) is 4.79 Å². The number of hydrogen-bond donors (Lipinski definition) is 0. The molecule has 0 fully saturated rings. The van der Waals surface area contributed by atoms with Gasteiger partial charge in [-0.2, -0.15) is 5.10 Å². The molecular formula is C28H24N2O6. The Hall–Kier alpha value is -4.72. The lowest BCUT2D eigenvalue weighted by molar-refractivity contribution is 0.104. The number of carbonyl (C=O) groups excluding carboxylic acids is 1. The number of carbonyl (C=O) groups is 1. The van der Waals surface area contributed by atoms with Gasteiger partial charge in [0.1, 0.15) is 5.69 Å². The van der Waals surface area contributed by atoms with E-state index in [4.69, 9.17) is 28.8 Å². The van der Waals surface area contributed by atoms with Crippen LogP contribution in [0, 0.1) is 0 Å². The van der Waals surface area contributed by atoms with Gasteiger partial charge in [0.2, 0.25) is 12.5 Å². The van der Waals surface area contributed by atoms with Crippen LogP contribution < -0.4 is 23.7 Å². The van der Waals surface area contributed by atoms with Gasteiger partial charge in [-0.1, -0.05) is 18.2 Å². The van der Waals surface area contributed by atoms with Crippen LogP contribution in [0.2, 0.25) is 0 Å². The summed E-state index contributed by atoms with van der Waals surface area (Å²) in [5, 5.41) is 4.81. The van der Waals surface area contributed by atoms with Gasteiger partial charge in [-0.15, -0.1) is 0 Å². The number of fused-ring (bicyclic) bond motifs is 1. The van der Waals surface area contributed by atoms with Crippen molar-refractivity contribution in [2.24, 2.45) is 0 Å². The molecule has 0 bridgehead atoms. The van der Waals surface area contributed by atoms with E-state index in [-0.39, 0.29) is 12.6 Å². The lowest BCUT2D eigenvalue weighted by Gasteiger charge is -2.14. The Morgan fingerprint density at radius 1 is 0.917 bits per heavy atom. The molecule has 0 saturated carbocycles. The van der Waals surface area contributed by atoms with Gasteiger partial charge >= 0.3 is 0 Å². The van der Waals surface area contributed by atoms with Gasteiger partial charge in [-0.05, 0) is 54.6 Å². The molecule has 0 N–H and O–H groups in total. The Labute approximate surface area is 208 Å². The molecule has 0 aliphatic carbocycles. The van der Waals surface area contributed by atoms with E-state index in [1.54, 1.807) is 22.9 Å². The fourth-order valence-corrected chi connectivity index (χ4v) is 4.04. The molecule has 182 valence electrons. The van der Waals surface area contributed by atoms with Crippen LogP contribution in [0.1, 0.15) is 15.9 Å². The lowest BCUT2D eigenvalue weighted by atomic mass is 10.0. The summed E-state index contributed by atoms with van der Waals surface area (Å²) < 4.78 is 29.0. The van der Waals surface area contributed by atoms with Gasteiger partial charge in [0.25, 0.3) is 0 Å². The van der Waals surface area contributed by atoms with Crippen molar-refractivity contribution in [2.75, 3.05) is 28.1 Å². The van der Waals surface area contributed by atoms with E-state index in [0.29, 0.717) is 40.0 Å². The maximum Gasteiger partial charge on any atom is 0.231 e. The van der Waals surface area contributed by atoms with E-state index in [0.717, 1.165) is 16.8 Å². The molecule has 2 heterocycles. The number of rotatable bonds is 8. The second-order valence-electron chi connectivity index (χ2n) is 7.86. The highest BCUT2D eigenvalue weighted by atomic mass is 16.7. The zero-order valence-electron chi connectivity index (χ0n) is 20.1. The van der Waals surface area contributed by atoms with Crippen LogP contribution >= 0.6 is 0 Å². The highest BCUT2D eigenvalue weighted by Gasteiger charge is 2.20. The average molecular weight is 485 g/mol. The quantitative estimate of drug-likeness (QED) is 0.251. The number of nitrogens with zero attached hydrogens (tertiary/aromatic N) is 2. The number of benzene rings is 3. The van der Waals surface area contributed by atoms with Crippen molar-refractivity contribution in [2.45, 2.75) is 0 Å². The van der Waals surface area contributed by atoms with Crippen molar-refractivity contribution in [1.82, 2.24) is 9.78 Å². The fourth-order valence-electron chi connectivity index (χ4n) is 4.04. The molecule has 36 heavy (non-hydrogen) atoms. The van der Waals surface area contributed by atoms with Crippen molar-refractivity contribution in [3.63, 3.8) is 0 Å². The normalized spacial score (nSPS) is 12.1. The monoisotopic (exact) mass is 484 g/mol. The van der Waals surface area contributed by atoms with Crippen molar-refractivity contribution in [3.05, 3.63) is 84.1 Å². The molecule has 3 aromatic carbocycles. The van der Waals surface area contributed by atoms with E-state index >= 15 is 0 Å². The molecule has 0 saturated heterocycles. The molecule has 0 atom stereocenters. The average Bonchev–Trinajstić information content (AvgIpc) is 3.58. The van der Waals surface area contributed by atoms with Crippen molar-refractivity contribution in [1.29, 1.82) is 0 Å². The van der Waals surface area contributed by atoms with Gasteiger partial charge in [0.05, 0.1) is 32.6 Å². The maximum atomic E-state index is 13.2. The van der Waals surface area contributed by atoms with Crippen molar-refractivity contribution < 1.29 is 28.5 Å². The third-order valence-electron chi connectivity index (χ3n) is 5.79. The zero-order chi connectivity index (χ0) is 25.1. The first-order valence-electron chi connectivity index (χ1n) is 11.2. The first-order chi connectivity index (χ1) is 17.6. The fraction of sp³-hybridized carbons (Fsp3) is 0.143. The van der Waals surface area contributed by atoms with Gasteiger partial charge < -0.3 is 23.7 Å². The third kappa shape index (κ3) is 4.24. The Balaban J connectivity index is 1.55. The topological polar surface area (TPSA) is 81.0 Å². The van der Waals surface area contributed by atoms with Crippen molar-refractivity contribution >= 4 is 11.9 Å². The summed E-state index contributed by atoms with van der Waals surface area (Å²) in [4.78, 5) is 13.2. The minimum Gasteiger partial charge on any atom is -0.493 e. The number of hydrogen-bond acceptors (Lipinski definition) is 7. The third-order valence-corrected chi connectivity index (χ3v) is 5.79. The predicted octanol–water partition coefficient (Wildman–Crippen LogP) is 5.19. The number of allylic oxidation sites excluding steroid dienone is 1. The molecule has 0 amide bonds. The Morgan fingerprint density at radius 3 is 2.44 bits per heavy atom. The molecule has 1 aliphatic heterocycles. The van der Waals surface area contributed by atoms with Gasteiger partial charge in [0, 0.05) is 17.3 Å². The van der Waals surface area contributed by atoms with Gasteiger partial charge in [-0.25, -0.2) is 4.68 Å². The smallest absolute Gasteiger partial charge is 0.231 e. The van der Waals surface area contributed by atoms with Crippen LogP contribution in [0.5, 0.6) is 28.7 Å². The molecule has 1 aliphatic rings. The van der Waals surface area contributed by atoms with Crippen LogP contribution in [0.15, 0.2) is 72.9 Å². The van der Waals surface area contributed by atoms with E-state index in [2.05, 4.69) is 0 Å². The number of para-hydroxylation sites is 1. The highest BCUT2D eigenvalue weighted by Crippen LogP contribution is 2.40. The minimum absolute atomic E-state index is 0.186. The standard InChI is InChI=1S/C28H24N2O6/c1-32-24-14-11-21(27(33-2)28(24)34-3)22(31)12-9-19-16-30(20-7-5-4-6-8-20)29-26(19)18-10-13-23-25(15-18)36-17-35-23/h4-16H,17H2,1-3H3/b12-9+. The molecule has 1 aromatic heterocycles. The number of ketones is 1. The maximum absolute atomic E-state index is 13.2. The summed E-state index contributed by atoms with van der Waals surface area (Å²) in [5.41, 5.74) is 3.54. The molecule has 5 rings (SSSR count). The summed E-state index contributed by atoms with van der Waals surface area (Å²) >= 11 is 0. The first kappa shape index (κ1) is 23.0. The number of aromatic nitrogens is 2. The molecule has 0 unspecified atom stereocenters. The van der Waals surface area contributed by atoms with Crippen LogP contribution in [0.4, 0.5) is 0 Å². The second kappa shape index (κ2) is 9.87. The minimum atomic E-state index is -0.253. The van der Waals surface area contributed by atoms with Crippen LogP contribution in [-0.4, -0.2) is 43.7 Å². The SMILES string of the molecule is COc1ccc(C(=O)/C=C/c2cn(-c3ccccc3)nc2-c2ccc3c(c2)OCO3)c(OC)c1OC. The predicted molar refractivity (Wildman–Crippen MR) is 135 cm³/mol. The summed E-state index contributed by atoms with van der Waals surface area (Å²) in [5.74, 6) is 2.23. The van der Waals surface area contributed by atoms with E-state index < -0.39 is 0 Å². The highest BCUT2D eigenvalue weighted by molar-refractivity contribution is 6.09. The van der Waals surface area contributed by atoms with E-state index in [1.165, 1.54) is 27.4 Å². The molecule has 8 nitrogen and oxygen atoms in total. The largest absolute Gasteiger partial charge is 0.493 e. The molecule has 0 radical (unpaired) electrons. The van der Waals surface area contributed by atoms with Crippen LogP contribution in [-0.2, 0) is 0 Å². The van der Waals surface area contributed by atoms with Crippen LogP contribution in [0.3, 0.4) is 0 Å². The molecular weight excluding hydrogens is 460 g/mol. The molecule has 4 aromatic rings. The van der Waals surface area contributed by atoms with Crippen LogP contribution in [0.25, 0.3) is 23.0 Å². The van der Waals surface area contributed by atoms with E-state index in [1.807, 2.05) is 54.7 Å². The lowest BCUT2D eigenvalue weighted by Crippen LogP contribution is -2.02. The number of ether oxygens (including phenoxy) is 5. The van der Waals surface area contributed by atoms with Gasteiger partial charge in [-0.3, -0.25) is 4.79 Å². The summed E-state index contributed by atoms with van der Waals surface area (Å²) in [6, 6.07) is 18.7. The molecule has 0 spiro atoms. The summed E-state index contributed by atoms with van der Waals surface area (Å²) in [6.07, 6.45) is 5.11. The first-order valence-corrected chi connectivity index (χ1v) is 11.2.